The van der Waals surface area contributed by atoms with E-state index in [0.29, 0.717) is 6.54 Å². The summed E-state index contributed by atoms with van der Waals surface area (Å²) in [4.78, 5) is 2.04. The molecule has 3 nitrogen and oxygen atoms in total. The number of rotatable bonds is 5. The molecule has 1 heterocycles. The molecule has 0 aliphatic carbocycles. The molecule has 0 saturated carbocycles. The molecule has 0 spiro atoms. The first-order valence-electron chi connectivity index (χ1n) is 6.28. The smallest absolute Gasteiger partial charge is 0.123 e. The Morgan fingerprint density at radius 3 is 2.53 bits per heavy atom. The van der Waals surface area contributed by atoms with Crippen molar-refractivity contribution < 1.29 is 9.50 Å². The maximum atomic E-state index is 12.8. The summed E-state index contributed by atoms with van der Waals surface area (Å²) in [6.45, 7) is 1.28. The fourth-order valence-electron chi connectivity index (χ4n) is 2.09. The summed E-state index contributed by atoms with van der Waals surface area (Å²) >= 11 is 0. The van der Waals surface area contributed by atoms with Crippen LogP contribution >= 0.6 is 0 Å². The number of hydrogen-bond acceptors (Lipinski definition) is 2. The third-order valence-corrected chi connectivity index (χ3v) is 3.22. The zero-order chi connectivity index (χ0) is 13.8. The van der Waals surface area contributed by atoms with Gasteiger partial charge in [-0.2, -0.15) is 0 Å². The molecule has 4 heteroatoms. The summed E-state index contributed by atoms with van der Waals surface area (Å²) < 4.78 is 14.9. The molecular weight excluding hydrogens is 243 g/mol. The lowest BCUT2D eigenvalue weighted by Gasteiger charge is -2.21. The molecule has 0 bridgehead atoms. The van der Waals surface area contributed by atoms with Crippen molar-refractivity contribution in [2.45, 2.75) is 12.6 Å². The molecule has 1 unspecified atom stereocenters. The van der Waals surface area contributed by atoms with Gasteiger partial charge in [0.1, 0.15) is 5.82 Å². The highest BCUT2D eigenvalue weighted by Crippen LogP contribution is 2.15. The Morgan fingerprint density at radius 1 is 1.26 bits per heavy atom. The van der Waals surface area contributed by atoms with Gasteiger partial charge >= 0.3 is 0 Å². The Labute approximate surface area is 112 Å². The highest BCUT2D eigenvalue weighted by Gasteiger charge is 2.11. The monoisotopic (exact) mass is 262 g/mol. The first-order chi connectivity index (χ1) is 9.06. The van der Waals surface area contributed by atoms with Gasteiger partial charge in [-0.15, -0.1) is 0 Å². The molecule has 0 aliphatic heterocycles. The molecule has 0 aliphatic rings. The number of halogens is 1. The standard InChI is InChI=1S/C15H19FN2O/c1-17(10-14-4-3-9-18(14)2)11-15(19)12-5-7-13(16)8-6-12/h3-9,15,19H,10-11H2,1-2H3. The van der Waals surface area contributed by atoms with Gasteiger partial charge in [0.2, 0.25) is 0 Å². The molecule has 0 fully saturated rings. The lowest BCUT2D eigenvalue weighted by molar-refractivity contribution is 0.122. The van der Waals surface area contributed by atoms with Gasteiger partial charge in [-0.25, -0.2) is 4.39 Å². The number of likely N-dealkylation sites (N-methyl/N-ethyl adjacent to an activating group) is 1. The summed E-state index contributed by atoms with van der Waals surface area (Å²) in [6, 6.07) is 10.0. The summed E-state index contributed by atoms with van der Waals surface area (Å²) in [5.74, 6) is -0.284. The predicted octanol–water partition coefficient (Wildman–Crippen LogP) is 2.33. The van der Waals surface area contributed by atoms with Crippen molar-refractivity contribution in [2.24, 2.45) is 7.05 Å². The number of nitrogens with zero attached hydrogens (tertiary/aromatic N) is 2. The second-order valence-corrected chi connectivity index (χ2v) is 4.87. The summed E-state index contributed by atoms with van der Waals surface area (Å²) in [5, 5.41) is 10.1. The van der Waals surface area contributed by atoms with Crippen molar-refractivity contribution >= 4 is 0 Å². The van der Waals surface area contributed by atoms with E-state index in [1.807, 2.05) is 31.3 Å². The van der Waals surface area contributed by atoms with Gasteiger partial charge in [0, 0.05) is 32.0 Å². The number of aromatic nitrogens is 1. The summed E-state index contributed by atoms with van der Waals surface area (Å²) in [5.41, 5.74) is 1.92. The number of aliphatic hydroxyl groups is 1. The van der Waals surface area contributed by atoms with Crippen LogP contribution in [0, 0.1) is 5.82 Å². The van der Waals surface area contributed by atoms with E-state index in [1.165, 1.54) is 17.8 Å². The van der Waals surface area contributed by atoms with Crippen molar-refractivity contribution in [3.63, 3.8) is 0 Å². The Kier molecular flexibility index (Phi) is 4.35. The van der Waals surface area contributed by atoms with Crippen molar-refractivity contribution in [2.75, 3.05) is 13.6 Å². The summed E-state index contributed by atoms with van der Waals surface area (Å²) in [6.07, 6.45) is 1.39. The van der Waals surface area contributed by atoms with Crippen LogP contribution < -0.4 is 0 Å². The van der Waals surface area contributed by atoms with Gasteiger partial charge < -0.3 is 9.67 Å². The van der Waals surface area contributed by atoms with Crippen LogP contribution in [0.15, 0.2) is 42.6 Å². The molecule has 1 aromatic carbocycles. The van der Waals surface area contributed by atoms with Crippen LogP contribution in [0.2, 0.25) is 0 Å². The topological polar surface area (TPSA) is 28.4 Å². The minimum atomic E-state index is -0.606. The second-order valence-electron chi connectivity index (χ2n) is 4.87. The Morgan fingerprint density at radius 2 is 1.95 bits per heavy atom. The minimum Gasteiger partial charge on any atom is -0.387 e. The van der Waals surface area contributed by atoms with E-state index in [-0.39, 0.29) is 5.82 Å². The van der Waals surface area contributed by atoms with Gasteiger partial charge in [-0.1, -0.05) is 12.1 Å². The molecule has 1 aromatic heterocycles. The van der Waals surface area contributed by atoms with Crippen molar-refractivity contribution in [3.8, 4) is 0 Å². The predicted molar refractivity (Wildman–Crippen MR) is 73.1 cm³/mol. The molecule has 102 valence electrons. The number of benzene rings is 1. The van der Waals surface area contributed by atoms with Crippen LogP contribution in [0.3, 0.4) is 0 Å². The molecular formula is C15H19FN2O. The van der Waals surface area contributed by atoms with Crippen LogP contribution in [-0.4, -0.2) is 28.2 Å². The zero-order valence-corrected chi connectivity index (χ0v) is 11.3. The molecule has 0 radical (unpaired) electrons. The Bertz CT molecular complexity index is 521. The van der Waals surface area contributed by atoms with Gasteiger partial charge in [0.05, 0.1) is 6.10 Å². The van der Waals surface area contributed by atoms with Gasteiger partial charge in [-0.05, 0) is 36.9 Å². The normalized spacial score (nSPS) is 12.9. The first kappa shape index (κ1) is 13.8. The lowest BCUT2D eigenvalue weighted by Crippen LogP contribution is -2.25. The maximum absolute atomic E-state index is 12.8. The van der Waals surface area contributed by atoms with E-state index in [9.17, 15) is 9.50 Å². The quantitative estimate of drug-likeness (QED) is 0.896. The van der Waals surface area contributed by atoms with Crippen LogP contribution in [0.4, 0.5) is 4.39 Å². The highest BCUT2D eigenvalue weighted by molar-refractivity contribution is 5.18. The maximum Gasteiger partial charge on any atom is 0.123 e. The van der Waals surface area contributed by atoms with Crippen LogP contribution in [0.5, 0.6) is 0 Å². The van der Waals surface area contributed by atoms with E-state index < -0.39 is 6.10 Å². The average Bonchev–Trinajstić information content (AvgIpc) is 2.75. The van der Waals surface area contributed by atoms with Crippen LogP contribution in [-0.2, 0) is 13.6 Å². The molecule has 1 N–H and O–H groups in total. The van der Waals surface area contributed by atoms with Crippen LogP contribution in [0.1, 0.15) is 17.4 Å². The SMILES string of the molecule is CN(Cc1cccn1C)CC(O)c1ccc(F)cc1. The third kappa shape index (κ3) is 3.66. The number of hydrogen-bond donors (Lipinski definition) is 1. The third-order valence-electron chi connectivity index (χ3n) is 3.22. The van der Waals surface area contributed by atoms with Crippen molar-refractivity contribution in [3.05, 3.63) is 59.7 Å². The van der Waals surface area contributed by atoms with Crippen LogP contribution in [0.25, 0.3) is 0 Å². The number of aliphatic hydroxyl groups excluding tert-OH is 1. The lowest BCUT2D eigenvalue weighted by atomic mass is 10.1. The van der Waals surface area contributed by atoms with Gasteiger partial charge in [0.15, 0.2) is 0 Å². The fourth-order valence-corrected chi connectivity index (χ4v) is 2.09. The zero-order valence-electron chi connectivity index (χ0n) is 11.3. The fraction of sp³-hybridized carbons (Fsp3) is 0.333. The van der Waals surface area contributed by atoms with Gasteiger partial charge in [-0.3, -0.25) is 4.90 Å². The Hall–Kier alpha value is -1.65. The first-order valence-corrected chi connectivity index (χ1v) is 6.28. The molecule has 19 heavy (non-hydrogen) atoms. The molecule has 2 rings (SSSR count). The summed E-state index contributed by atoms with van der Waals surface area (Å²) in [7, 11) is 3.96. The molecule has 0 saturated heterocycles. The van der Waals surface area contributed by atoms with E-state index in [0.717, 1.165) is 12.1 Å². The second kappa shape index (κ2) is 5.99. The Balaban J connectivity index is 1.93. The molecule has 0 amide bonds. The highest BCUT2D eigenvalue weighted by atomic mass is 19.1. The van der Waals surface area contributed by atoms with Crippen molar-refractivity contribution in [1.82, 2.24) is 9.47 Å². The minimum absolute atomic E-state index is 0.284. The van der Waals surface area contributed by atoms with E-state index in [2.05, 4.69) is 10.6 Å². The van der Waals surface area contributed by atoms with Crippen molar-refractivity contribution in [1.29, 1.82) is 0 Å². The largest absolute Gasteiger partial charge is 0.387 e. The average molecular weight is 262 g/mol. The van der Waals surface area contributed by atoms with E-state index in [1.54, 1.807) is 12.1 Å². The van der Waals surface area contributed by atoms with Gasteiger partial charge in [0.25, 0.3) is 0 Å². The molecule has 1 atom stereocenters. The van der Waals surface area contributed by atoms with E-state index in [4.69, 9.17) is 0 Å². The van der Waals surface area contributed by atoms with E-state index >= 15 is 0 Å². The number of aryl methyl sites for hydroxylation is 1. The molecule has 2 aromatic rings.